The van der Waals surface area contributed by atoms with Gasteiger partial charge >= 0.3 is 0 Å². The van der Waals surface area contributed by atoms with Crippen LogP contribution < -0.4 is 10.5 Å². The second-order valence-corrected chi connectivity index (χ2v) is 6.16. The molecule has 3 unspecified atom stereocenters. The molecule has 21 heavy (non-hydrogen) atoms. The molecule has 0 spiro atoms. The van der Waals surface area contributed by atoms with E-state index in [9.17, 15) is 4.79 Å². The summed E-state index contributed by atoms with van der Waals surface area (Å²) in [5.41, 5.74) is 6.69. The maximum atomic E-state index is 12.6. The van der Waals surface area contributed by atoms with Crippen LogP contribution in [0.2, 0.25) is 5.02 Å². The van der Waals surface area contributed by atoms with Gasteiger partial charge in [0.15, 0.2) is 0 Å². The maximum Gasteiger partial charge on any atom is 0.257 e. The molecular formula is C15H20Cl2N2O2. The first-order valence-corrected chi connectivity index (χ1v) is 7.36. The summed E-state index contributed by atoms with van der Waals surface area (Å²) in [7, 11) is 1.55. The molecule has 1 aliphatic carbocycles. The number of benzene rings is 1. The number of hydrogen-bond donors (Lipinski definition) is 1. The van der Waals surface area contributed by atoms with Crippen LogP contribution in [0.15, 0.2) is 18.2 Å². The molecule has 0 aromatic heterocycles. The molecule has 2 N–H and O–H groups in total. The Hall–Kier alpha value is -0.970. The summed E-state index contributed by atoms with van der Waals surface area (Å²) in [4.78, 5) is 14.5. The lowest BCUT2D eigenvalue weighted by atomic mass is 9.98. The van der Waals surface area contributed by atoms with Crippen LogP contribution in [-0.2, 0) is 0 Å². The normalized spacial score (nSPS) is 27.2. The largest absolute Gasteiger partial charge is 0.496 e. The van der Waals surface area contributed by atoms with Gasteiger partial charge in [-0.2, -0.15) is 0 Å². The van der Waals surface area contributed by atoms with Crippen LogP contribution in [0.25, 0.3) is 0 Å². The van der Waals surface area contributed by atoms with Gasteiger partial charge < -0.3 is 15.4 Å². The maximum absolute atomic E-state index is 12.6. The first-order valence-electron chi connectivity index (χ1n) is 6.98. The summed E-state index contributed by atoms with van der Waals surface area (Å²) in [5, 5.41) is 0.568. The van der Waals surface area contributed by atoms with E-state index in [0.29, 0.717) is 28.2 Å². The van der Waals surface area contributed by atoms with Crippen molar-refractivity contribution in [2.75, 3.05) is 20.2 Å². The van der Waals surface area contributed by atoms with Crippen molar-refractivity contribution >= 4 is 29.9 Å². The van der Waals surface area contributed by atoms with Crippen molar-refractivity contribution in [2.24, 2.45) is 17.6 Å². The monoisotopic (exact) mass is 330 g/mol. The van der Waals surface area contributed by atoms with Gasteiger partial charge in [0.2, 0.25) is 0 Å². The van der Waals surface area contributed by atoms with Crippen LogP contribution in [0.3, 0.4) is 0 Å². The molecule has 1 saturated carbocycles. The van der Waals surface area contributed by atoms with Gasteiger partial charge in [-0.1, -0.05) is 11.6 Å². The number of amides is 1. The Morgan fingerprint density at radius 1 is 1.38 bits per heavy atom. The third kappa shape index (κ3) is 2.98. The number of halogens is 2. The molecule has 3 rings (SSSR count). The zero-order chi connectivity index (χ0) is 14.3. The lowest BCUT2D eigenvalue weighted by molar-refractivity contribution is 0.0776. The summed E-state index contributed by atoms with van der Waals surface area (Å²) >= 11 is 5.94. The van der Waals surface area contributed by atoms with E-state index < -0.39 is 0 Å². The highest BCUT2D eigenvalue weighted by molar-refractivity contribution is 6.30. The molecule has 1 aromatic carbocycles. The quantitative estimate of drug-likeness (QED) is 0.906. The second-order valence-electron chi connectivity index (χ2n) is 5.72. The van der Waals surface area contributed by atoms with Crippen molar-refractivity contribution in [3.05, 3.63) is 28.8 Å². The predicted molar refractivity (Wildman–Crippen MR) is 85.3 cm³/mol. The lowest BCUT2D eigenvalue weighted by Gasteiger charge is -2.20. The number of hydrogen-bond acceptors (Lipinski definition) is 3. The van der Waals surface area contributed by atoms with E-state index in [1.165, 1.54) is 0 Å². The molecule has 0 radical (unpaired) electrons. The zero-order valence-electron chi connectivity index (χ0n) is 11.9. The first-order chi connectivity index (χ1) is 9.60. The zero-order valence-corrected chi connectivity index (χ0v) is 13.5. The number of carbonyl (C=O) groups is 1. The Balaban J connectivity index is 0.00000161. The highest BCUT2D eigenvalue weighted by atomic mass is 35.5. The number of nitrogens with two attached hydrogens (primary N) is 1. The SMILES string of the molecule is COc1cc(Cl)ccc1C(=O)N1CC2CCC(N)C2C1.Cl. The summed E-state index contributed by atoms with van der Waals surface area (Å²) in [6, 6.07) is 5.37. The minimum Gasteiger partial charge on any atom is -0.496 e. The number of ether oxygens (including phenoxy) is 1. The fourth-order valence-corrected chi connectivity index (χ4v) is 3.65. The number of fused-ring (bicyclic) bond motifs is 1. The Labute approximate surface area is 136 Å². The molecule has 1 saturated heterocycles. The third-order valence-electron chi connectivity index (χ3n) is 4.59. The number of likely N-dealkylation sites (tertiary alicyclic amines) is 1. The topological polar surface area (TPSA) is 55.6 Å². The standard InChI is InChI=1S/C15H19ClN2O2.ClH/c1-20-14-6-10(16)3-4-11(14)15(19)18-7-9-2-5-13(17)12(9)8-18;/h3-4,6,9,12-13H,2,5,7-8,17H2,1H3;1H. The van der Waals surface area contributed by atoms with Crippen molar-refractivity contribution in [1.29, 1.82) is 0 Å². The van der Waals surface area contributed by atoms with Gasteiger partial charge in [0.25, 0.3) is 5.91 Å². The van der Waals surface area contributed by atoms with Gasteiger partial charge in [0.1, 0.15) is 5.75 Å². The molecule has 1 aromatic rings. The molecule has 1 aliphatic heterocycles. The minimum atomic E-state index is 0. The summed E-state index contributed by atoms with van der Waals surface area (Å²) in [6.45, 7) is 1.57. The fraction of sp³-hybridized carbons (Fsp3) is 0.533. The van der Waals surface area contributed by atoms with Crippen molar-refractivity contribution in [3.8, 4) is 5.75 Å². The lowest BCUT2D eigenvalue weighted by Crippen LogP contribution is -2.33. The molecule has 2 aliphatic rings. The fourth-order valence-electron chi connectivity index (χ4n) is 3.49. The number of nitrogens with zero attached hydrogens (tertiary/aromatic N) is 1. The number of methoxy groups -OCH3 is 1. The molecule has 0 bridgehead atoms. The second kappa shape index (κ2) is 6.42. The Bertz CT molecular complexity index is 538. The van der Waals surface area contributed by atoms with Crippen molar-refractivity contribution in [2.45, 2.75) is 18.9 Å². The van der Waals surface area contributed by atoms with Gasteiger partial charge in [-0.3, -0.25) is 4.79 Å². The Morgan fingerprint density at radius 2 is 2.14 bits per heavy atom. The van der Waals surface area contributed by atoms with E-state index in [1.807, 2.05) is 4.90 Å². The van der Waals surface area contributed by atoms with Gasteiger partial charge in [-0.15, -0.1) is 12.4 Å². The summed E-state index contributed by atoms with van der Waals surface area (Å²) in [6.07, 6.45) is 2.22. The van der Waals surface area contributed by atoms with Gasteiger partial charge in [-0.05, 0) is 42.9 Å². The van der Waals surface area contributed by atoms with E-state index in [4.69, 9.17) is 22.1 Å². The van der Waals surface area contributed by atoms with Crippen LogP contribution in [-0.4, -0.2) is 37.0 Å². The first kappa shape index (κ1) is 16.4. The van der Waals surface area contributed by atoms with E-state index in [1.54, 1.807) is 25.3 Å². The highest BCUT2D eigenvalue weighted by Gasteiger charge is 2.42. The molecular weight excluding hydrogens is 311 g/mol. The van der Waals surface area contributed by atoms with E-state index >= 15 is 0 Å². The van der Waals surface area contributed by atoms with Gasteiger partial charge in [-0.25, -0.2) is 0 Å². The molecule has 3 atom stereocenters. The average molecular weight is 331 g/mol. The number of rotatable bonds is 2. The predicted octanol–water partition coefficient (Wildman–Crippen LogP) is 2.58. The van der Waals surface area contributed by atoms with Gasteiger partial charge in [0, 0.05) is 24.2 Å². The molecule has 6 heteroatoms. The smallest absolute Gasteiger partial charge is 0.257 e. The van der Waals surface area contributed by atoms with E-state index in [0.717, 1.165) is 25.9 Å². The Kier molecular flexibility index (Phi) is 5.02. The van der Waals surface area contributed by atoms with E-state index in [2.05, 4.69) is 0 Å². The Morgan fingerprint density at radius 3 is 2.81 bits per heavy atom. The molecule has 1 heterocycles. The molecule has 1 amide bonds. The van der Waals surface area contributed by atoms with Crippen LogP contribution in [0.5, 0.6) is 5.75 Å². The van der Waals surface area contributed by atoms with Gasteiger partial charge in [0.05, 0.1) is 12.7 Å². The minimum absolute atomic E-state index is 0. The van der Waals surface area contributed by atoms with Crippen LogP contribution in [0.1, 0.15) is 23.2 Å². The van der Waals surface area contributed by atoms with Crippen LogP contribution >= 0.6 is 24.0 Å². The molecule has 116 valence electrons. The molecule has 2 fully saturated rings. The van der Waals surface area contributed by atoms with E-state index in [-0.39, 0.29) is 24.4 Å². The summed E-state index contributed by atoms with van der Waals surface area (Å²) < 4.78 is 5.27. The molecule has 4 nitrogen and oxygen atoms in total. The van der Waals surface area contributed by atoms with Crippen LogP contribution in [0.4, 0.5) is 0 Å². The van der Waals surface area contributed by atoms with Crippen molar-refractivity contribution < 1.29 is 9.53 Å². The average Bonchev–Trinajstić information content (AvgIpc) is 3.00. The third-order valence-corrected chi connectivity index (χ3v) is 4.83. The van der Waals surface area contributed by atoms with Crippen molar-refractivity contribution in [3.63, 3.8) is 0 Å². The highest BCUT2D eigenvalue weighted by Crippen LogP contribution is 2.38. The van der Waals surface area contributed by atoms with Crippen LogP contribution in [0, 0.1) is 11.8 Å². The number of carbonyl (C=O) groups excluding carboxylic acids is 1. The summed E-state index contributed by atoms with van der Waals surface area (Å²) in [5.74, 6) is 1.56. The van der Waals surface area contributed by atoms with Crippen molar-refractivity contribution in [1.82, 2.24) is 4.90 Å².